The smallest absolute Gasteiger partial charge is 0.408 e. The molecule has 0 radical (unpaired) electrons. The molecule has 1 aromatic rings. The second kappa shape index (κ2) is 6.41. The lowest BCUT2D eigenvalue weighted by Gasteiger charge is -2.26. The fourth-order valence-electron chi connectivity index (χ4n) is 2.51. The number of alkyl carbamates (subject to hydrolysis) is 1. The van der Waals surface area contributed by atoms with Gasteiger partial charge >= 0.3 is 12.1 Å². The summed E-state index contributed by atoms with van der Waals surface area (Å²) < 4.78 is 9.94. The van der Waals surface area contributed by atoms with Crippen molar-refractivity contribution in [2.45, 2.75) is 37.8 Å². The van der Waals surface area contributed by atoms with Gasteiger partial charge < -0.3 is 14.8 Å². The summed E-state index contributed by atoms with van der Waals surface area (Å²) in [4.78, 5) is 23.7. The average molecular weight is 277 g/mol. The van der Waals surface area contributed by atoms with E-state index >= 15 is 0 Å². The average Bonchev–Trinajstić information content (AvgIpc) is 2.95. The Morgan fingerprint density at radius 1 is 1.20 bits per heavy atom. The lowest BCUT2D eigenvalue weighted by Crippen LogP contribution is -2.53. The van der Waals surface area contributed by atoms with Crippen LogP contribution >= 0.6 is 0 Å². The van der Waals surface area contributed by atoms with Crippen molar-refractivity contribution in [1.82, 2.24) is 5.32 Å². The molecule has 0 unspecified atom stereocenters. The van der Waals surface area contributed by atoms with Crippen LogP contribution in [-0.4, -0.2) is 24.7 Å². The van der Waals surface area contributed by atoms with Gasteiger partial charge in [-0.15, -0.1) is 0 Å². The van der Waals surface area contributed by atoms with Gasteiger partial charge in [0.2, 0.25) is 0 Å². The van der Waals surface area contributed by atoms with E-state index in [0.29, 0.717) is 12.8 Å². The Morgan fingerprint density at radius 2 is 1.85 bits per heavy atom. The van der Waals surface area contributed by atoms with Gasteiger partial charge in [0, 0.05) is 0 Å². The monoisotopic (exact) mass is 277 g/mol. The molecule has 1 aromatic carbocycles. The maximum Gasteiger partial charge on any atom is 0.408 e. The summed E-state index contributed by atoms with van der Waals surface area (Å²) in [5.41, 5.74) is -0.0103. The summed E-state index contributed by atoms with van der Waals surface area (Å²) in [6, 6.07) is 9.40. The molecule has 0 heterocycles. The highest BCUT2D eigenvalue weighted by Gasteiger charge is 2.44. The van der Waals surface area contributed by atoms with E-state index in [1.54, 1.807) is 0 Å². The Balaban J connectivity index is 1.91. The molecule has 2 rings (SSSR count). The van der Waals surface area contributed by atoms with E-state index in [4.69, 9.17) is 9.47 Å². The summed E-state index contributed by atoms with van der Waals surface area (Å²) in [5, 5.41) is 2.68. The molecule has 20 heavy (non-hydrogen) atoms. The van der Waals surface area contributed by atoms with E-state index < -0.39 is 17.6 Å². The number of carbonyl (C=O) groups is 2. The van der Waals surface area contributed by atoms with Crippen LogP contribution in [0.15, 0.2) is 30.3 Å². The van der Waals surface area contributed by atoms with Crippen molar-refractivity contribution < 1.29 is 19.1 Å². The second-order valence-electron chi connectivity index (χ2n) is 4.97. The summed E-state index contributed by atoms with van der Waals surface area (Å²) in [6.07, 6.45) is 2.41. The Bertz CT molecular complexity index is 466. The number of hydrogen-bond acceptors (Lipinski definition) is 4. The van der Waals surface area contributed by atoms with Crippen LogP contribution in [-0.2, 0) is 20.9 Å². The number of nitrogens with one attached hydrogen (secondary N) is 1. The van der Waals surface area contributed by atoms with E-state index in [1.165, 1.54) is 7.11 Å². The van der Waals surface area contributed by atoms with Crippen LogP contribution in [0.4, 0.5) is 4.79 Å². The van der Waals surface area contributed by atoms with Gasteiger partial charge in [-0.25, -0.2) is 9.59 Å². The molecule has 1 N–H and O–H groups in total. The van der Waals surface area contributed by atoms with Gasteiger partial charge in [0.25, 0.3) is 0 Å². The van der Waals surface area contributed by atoms with E-state index in [2.05, 4.69) is 5.32 Å². The third-order valence-corrected chi connectivity index (χ3v) is 3.59. The number of esters is 1. The fraction of sp³-hybridized carbons (Fsp3) is 0.467. The van der Waals surface area contributed by atoms with Gasteiger partial charge in [-0.2, -0.15) is 0 Å². The fourth-order valence-corrected chi connectivity index (χ4v) is 2.51. The SMILES string of the molecule is COC(=O)C1(NC(=O)OCc2ccccc2)CCCC1. The van der Waals surface area contributed by atoms with Gasteiger partial charge in [-0.1, -0.05) is 43.2 Å². The zero-order valence-electron chi connectivity index (χ0n) is 11.6. The molecule has 1 amide bonds. The molecule has 5 nitrogen and oxygen atoms in total. The summed E-state index contributed by atoms with van der Waals surface area (Å²) in [6.45, 7) is 0.184. The largest absolute Gasteiger partial charge is 0.467 e. The Hall–Kier alpha value is -2.04. The first kappa shape index (κ1) is 14.4. The van der Waals surface area contributed by atoms with E-state index in [9.17, 15) is 9.59 Å². The summed E-state index contributed by atoms with van der Waals surface area (Å²) in [7, 11) is 1.33. The van der Waals surface area contributed by atoms with Crippen LogP contribution in [0, 0.1) is 0 Å². The number of hydrogen-bond donors (Lipinski definition) is 1. The maximum absolute atomic E-state index is 11.9. The van der Waals surface area contributed by atoms with E-state index in [0.717, 1.165) is 18.4 Å². The van der Waals surface area contributed by atoms with Crippen molar-refractivity contribution in [2.24, 2.45) is 0 Å². The zero-order valence-corrected chi connectivity index (χ0v) is 11.6. The highest BCUT2D eigenvalue weighted by atomic mass is 16.6. The topological polar surface area (TPSA) is 64.6 Å². The minimum Gasteiger partial charge on any atom is -0.467 e. The third kappa shape index (κ3) is 3.29. The second-order valence-corrected chi connectivity index (χ2v) is 4.97. The number of ether oxygens (including phenoxy) is 2. The first-order chi connectivity index (χ1) is 9.66. The Kier molecular flexibility index (Phi) is 4.61. The molecule has 1 aliphatic rings. The molecule has 0 aliphatic heterocycles. The molecule has 1 saturated carbocycles. The first-order valence-electron chi connectivity index (χ1n) is 6.73. The predicted octanol–water partition coefficient (Wildman–Crippen LogP) is 2.40. The minimum absolute atomic E-state index is 0.184. The lowest BCUT2D eigenvalue weighted by atomic mass is 9.98. The van der Waals surface area contributed by atoms with Gasteiger partial charge in [0.1, 0.15) is 12.1 Å². The van der Waals surface area contributed by atoms with Gasteiger partial charge in [-0.3, -0.25) is 0 Å². The molecular weight excluding hydrogens is 258 g/mol. The van der Waals surface area contributed by atoms with Crippen molar-refractivity contribution in [2.75, 3.05) is 7.11 Å². The lowest BCUT2D eigenvalue weighted by molar-refractivity contribution is -0.148. The minimum atomic E-state index is -0.914. The molecule has 108 valence electrons. The molecule has 0 bridgehead atoms. The standard InChI is InChI=1S/C15H19NO4/c1-19-13(17)15(9-5-6-10-15)16-14(18)20-11-12-7-3-2-4-8-12/h2-4,7-8H,5-6,9-11H2,1H3,(H,16,18). The Labute approximate surface area is 118 Å². The van der Waals surface area contributed by atoms with Crippen molar-refractivity contribution in [3.63, 3.8) is 0 Å². The summed E-state index contributed by atoms with van der Waals surface area (Å²) >= 11 is 0. The van der Waals surface area contributed by atoms with Gasteiger partial charge in [0.15, 0.2) is 0 Å². The third-order valence-electron chi connectivity index (χ3n) is 3.59. The van der Waals surface area contributed by atoms with Crippen LogP contribution in [0.5, 0.6) is 0 Å². The zero-order chi connectivity index (χ0) is 14.4. The normalized spacial score (nSPS) is 16.4. The highest BCUT2D eigenvalue weighted by Crippen LogP contribution is 2.30. The van der Waals surface area contributed by atoms with Crippen LogP contribution in [0.1, 0.15) is 31.2 Å². The van der Waals surface area contributed by atoms with Crippen LogP contribution < -0.4 is 5.32 Å². The van der Waals surface area contributed by atoms with Crippen LogP contribution in [0.3, 0.4) is 0 Å². The molecule has 0 atom stereocenters. The van der Waals surface area contributed by atoms with Crippen molar-refractivity contribution in [1.29, 1.82) is 0 Å². The van der Waals surface area contributed by atoms with E-state index in [-0.39, 0.29) is 6.61 Å². The number of carbonyl (C=O) groups excluding carboxylic acids is 2. The number of amides is 1. The molecule has 1 fully saturated rings. The van der Waals surface area contributed by atoms with E-state index in [1.807, 2.05) is 30.3 Å². The van der Waals surface area contributed by atoms with Crippen molar-refractivity contribution in [3.8, 4) is 0 Å². The molecule has 0 spiro atoms. The molecule has 1 aliphatic carbocycles. The predicted molar refractivity (Wildman–Crippen MR) is 73.0 cm³/mol. The first-order valence-corrected chi connectivity index (χ1v) is 6.73. The van der Waals surface area contributed by atoms with Crippen molar-refractivity contribution >= 4 is 12.1 Å². The van der Waals surface area contributed by atoms with Gasteiger partial charge in [-0.05, 0) is 18.4 Å². The molecule has 0 saturated heterocycles. The van der Waals surface area contributed by atoms with Crippen LogP contribution in [0.25, 0.3) is 0 Å². The quantitative estimate of drug-likeness (QED) is 0.858. The van der Waals surface area contributed by atoms with Gasteiger partial charge in [0.05, 0.1) is 7.11 Å². The summed E-state index contributed by atoms with van der Waals surface area (Å²) in [5.74, 6) is -0.397. The maximum atomic E-state index is 11.9. The number of benzene rings is 1. The highest BCUT2D eigenvalue weighted by molar-refractivity contribution is 5.86. The molecule has 5 heteroatoms. The molecule has 0 aromatic heterocycles. The number of methoxy groups -OCH3 is 1. The van der Waals surface area contributed by atoms with Crippen molar-refractivity contribution in [3.05, 3.63) is 35.9 Å². The number of rotatable bonds is 4. The van der Waals surface area contributed by atoms with Crippen LogP contribution in [0.2, 0.25) is 0 Å². The molecular formula is C15H19NO4. The Morgan fingerprint density at radius 3 is 2.45 bits per heavy atom.